The average Bonchev–Trinajstić information content (AvgIpc) is 2.96. The fraction of sp³-hybridized carbons (Fsp3) is 0.722. The Morgan fingerprint density at radius 1 is 1.27 bits per heavy atom. The van der Waals surface area contributed by atoms with Crippen molar-refractivity contribution in [3.8, 4) is 0 Å². The highest BCUT2D eigenvalue weighted by Gasteiger charge is 2.39. The van der Waals surface area contributed by atoms with Crippen molar-refractivity contribution in [2.45, 2.75) is 18.9 Å². The van der Waals surface area contributed by atoms with Crippen LogP contribution in [0.15, 0.2) is 6.20 Å². The summed E-state index contributed by atoms with van der Waals surface area (Å²) >= 11 is 0. The van der Waals surface area contributed by atoms with Gasteiger partial charge in [-0.05, 0) is 34.5 Å². The maximum atomic E-state index is 12.9. The van der Waals surface area contributed by atoms with Gasteiger partial charge in [-0.2, -0.15) is 0 Å². The molecular weight excluding hydrogens is 332 g/mol. The van der Waals surface area contributed by atoms with E-state index < -0.39 is 5.60 Å². The third kappa shape index (κ3) is 4.13. The third-order valence-electron chi connectivity index (χ3n) is 5.21. The van der Waals surface area contributed by atoms with Crippen molar-refractivity contribution in [3.05, 3.63) is 17.5 Å². The molecule has 8 nitrogen and oxygen atoms in total. The van der Waals surface area contributed by atoms with Crippen molar-refractivity contribution < 1.29 is 9.90 Å². The number of likely N-dealkylation sites (tertiary alicyclic amines) is 1. The van der Waals surface area contributed by atoms with Crippen LogP contribution in [0.3, 0.4) is 0 Å². The number of anilines is 1. The van der Waals surface area contributed by atoms with E-state index >= 15 is 0 Å². The second-order valence-electron chi connectivity index (χ2n) is 7.90. The van der Waals surface area contributed by atoms with Gasteiger partial charge < -0.3 is 24.7 Å². The first-order valence-corrected chi connectivity index (χ1v) is 9.21. The van der Waals surface area contributed by atoms with E-state index in [0.29, 0.717) is 43.3 Å². The van der Waals surface area contributed by atoms with Crippen LogP contribution < -0.4 is 4.90 Å². The standard InChI is InChI=1S/C18H30N6O2/c1-14-15(11-19-17(20-14)23-9-7-22(4)8-10-23)16(25)24-6-5-18(26,13-24)12-21(2)3/h11,26H,5-10,12-13H2,1-4H3/t18-/m0/s1. The molecule has 1 atom stereocenters. The fourth-order valence-electron chi connectivity index (χ4n) is 3.74. The number of hydrogen-bond donors (Lipinski definition) is 1. The number of aliphatic hydroxyl groups is 1. The molecule has 0 bridgehead atoms. The number of likely N-dealkylation sites (N-methyl/N-ethyl adjacent to an activating group) is 2. The largest absolute Gasteiger partial charge is 0.387 e. The predicted molar refractivity (Wildman–Crippen MR) is 101 cm³/mol. The minimum atomic E-state index is -0.840. The molecule has 1 amide bonds. The minimum absolute atomic E-state index is 0.0953. The Bertz CT molecular complexity index is 659. The lowest BCUT2D eigenvalue weighted by Gasteiger charge is -2.32. The normalized spacial score (nSPS) is 24.5. The number of carbonyl (C=O) groups excluding carboxylic acids is 1. The molecule has 0 saturated carbocycles. The van der Waals surface area contributed by atoms with E-state index in [4.69, 9.17) is 0 Å². The molecule has 144 valence electrons. The Kier molecular flexibility index (Phi) is 5.45. The Hall–Kier alpha value is -1.77. The van der Waals surface area contributed by atoms with Crippen LogP contribution in [-0.2, 0) is 0 Å². The van der Waals surface area contributed by atoms with Gasteiger partial charge in [0.1, 0.15) is 0 Å². The highest BCUT2D eigenvalue weighted by Crippen LogP contribution is 2.24. The Morgan fingerprint density at radius 3 is 2.58 bits per heavy atom. The lowest BCUT2D eigenvalue weighted by atomic mass is 10.0. The van der Waals surface area contributed by atoms with Gasteiger partial charge in [-0.15, -0.1) is 0 Å². The molecule has 1 aromatic heterocycles. The zero-order valence-electron chi connectivity index (χ0n) is 16.3. The molecule has 0 aromatic carbocycles. The molecule has 0 unspecified atom stereocenters. The minimum Gasteiger partial charge on any atom is -0.387 e. The second-order valence-corrected chi connectivity index (χ2v) is 7.90. The molecule has 3 rings (SSSR count). The molecule has 0 aliphatic carbocycles. The summed E-state index contributed by atoms with van der Waals surface area (Å²) < 4.78 is 0. The Balaban J connectivity index is 1.69. The van der Waals surface area contributed by atoms with Gasteiger partial charge in [0.2, 0.25) is 5.95 Å². The Morgan fingerprint density at radius 2 is 1.96 bits per heavy atom. The molecule has 2 aliphatic rings. The topological polar surface area (TPSA) is 76.0 Å². The summed E-state index contributed by atoms with van der Waals surface area (Å²) in [5.41, 5.74) is 0.382. The molecule has 2 saturated heterocycles. The molecule has 1 N–H and O–H groups in total. The van der Waals surface area contributed by atoms with E-state index in [-0.39, 0.29) is 5.91 Å². The maximum absolute atomic E-state index is 12.9. The quantitative estimate of drug-likeness (QED) is 0.786. The van der Waals surface area contributed by atoms with E-state index in [9.17, 15) is 9.90 Å². The molecule has 3 heterocycles. The summed E-state index contributed by atoms with van der Waals surface area (Å²) in [5, 5.41) is 10.7. The number of aromatic nitrogens is 2. The van der Waals surface area contributed by atoms with Crippen molar-refractivity contribution in [2.75, 3.05) is 71.9 Å². The number of carbonyl (C=O) groups is 1. The predicted octanol–water partition coefficient (Wildman–Crippen LogP) is -0.325. The van der Waals surface area contributed by atoms with Gasteiger partial charge in [0.15, 0.2) is 0 Å². The smallest absolute Gasteiger partial charge is 0.257 e. The molecular formula is C18H30N6O2. The first-order valence-electron chi connectivity index (χ1n) is 9.21. The van der Waals surface area contributed by atoms with Crippen LogP contribution in [0, 0.1) is 6.92 Å². The number of amides is 1. The number of β-amino-alcohol motifs (C(OH)–C–C–N with tert-alkyl or cyclic N) is 1. The zero-order valence-corrected chi connectivity index (χ0v) is 16.3. The fourth-order valence-corrected chi connectivity index (χ4v) is 3.74. The van der Waals surface area contributed by atoms with Crippen LogP contribution in [0.1, 0.15) is 22.5 Å². The molecule has 1 aromatic rings. The monoisotopic (exact) mass is 362 g/mol. The van der Waals surface area contributed by atoms with Crippen molar-refractivity contribution in [1.82, 2.24) is 24.7 Å². The highest BCUT2D eigenvalue weighted by atomic mass is 16.3. The van der Waals surface area contributed by atoms with Crippen LogP contribution >= 0.6 is 0 Å². The highest BCUT2D eigenvalue weighted by molar-refractivity contribution is 5.95. The summed E-state index contributed by atoms with van der Waals surface area (Å²) in [6.07, 6.45) is 2.23. The molecule has 0 spiro atoms. The van der Waals surface area contributed by atoms with Crippen LogP contribution in [0.5, 0.6) is 0 Å². The summed E-state index contributed by atoms with van der Waals surface area (Å²) in [5.74, 6) is 0.597. The maximum Gasteiger partial charge on any atom is 0.257 e. The molecule has 26 heavy (non-hydrogen) atoms. The number of rotatable bonds is 4. The summed E-state index contributed by atoms with van der Waals surface area (Å²) in [7, 11) is 5.97. The zero-order chi connectivity index (χ0) is 18.9. The van der Waals surface area contributed by atoms with Crippen molar-refractivity contribution in [1.29, 1.82) is 0 Å². The summed E-state index contributed by atoms with van der Waals surface area (Å²) in [6, 6.07) is 0. The van der Waals surface area contributed by atoms with E-state index in [1.54, 1.807) is 11.1 Å². The molecule has 0 radical (unpaired) electrons. The summed E-state index contributed by atoms with van der Waals surface area (Å²) in [4.78, 5) is 30.0. The van der Waals surface area contributed by atoms with Gasteiger partial charge >= 0.3 is 0 Å². The summed E-state index contributed by atoms with van der Waals surface area (Å²) in [6.45, 7) is 7.08. The third-order valence-corrected chi connectivity index (χ3v) is 5.21. The van der Waals surface area contributed by atoms with E-state index in [1.807, 2.05) is 25.9 Å². The number of aryl methyl sites for hydroxylation is 1. The van der Waals surface area contributed by atoms with Crippen LogP contribution in [-0.4, -0.2) is 108 Å². The molecule has 8 heteroatoms. The van der Waals surface area contributed by atoms with Gasteiger partial charge in [-0.3, -0.25) is 4.79 Å². The van der Waals surface area contributed by atoms with Gasteiger partial charge in [-0.1, -0.05) is 0 Å². The van der Waals surface area contributed by atoms with Crippen LogP contribution in [0.2, 0.25) is 0 Å². The van der Waals surface area contributed by atoms with Gasteiger partial charge in [0, 0.05) is 45.5 Å². The van der Waals surface area contributed by atoms with Crippen LogP contribution in [0.25, 0.3) is 0 Å². The van der Waals surface area contributed by atoms with E-state index in [0.717, 1.165) is 26.2 Å². The SMILES string of the molecule is Cc1nc(N2CCN(C)CC2)ncc1C(=O)N1CC[C@](O)(CN(C)C)C1. The average molecular weight is 362 g/mol. The van der Waals surface area contributed by atoms with Crippen LogP contribution in [0.4, 0.5) is 5.95 Å². The number of piperazine rings is 1. The number of hydrogen-bond acceptors (Lipinski definition) is 7. The van der Waals surface area contributed by atoms with Gasteiger partial charge in [-0.25, -0.2) is 9.97 Å². The van der Waals surface area contributed by atoms with Gasteiger partial charge in [0.05, 0.1) is 23.4 Å². The molecule has 2 aliphatic heterocycles. The van der Waals surface area contributed by atoms with E-state index in [1.165, 1.54) is 0 Å². The van der Waals surface area contributed by atoms with Crippen molar-refractivity contribution >= 4 is 11.9 Å². The molecule has 2 fully saturated rings. The second kappa shape index (κ2) is 7.46. The number of nitrogens with zero attached hydrogens (tertiary/aromatic N) is 6. The van der Waals surface area contributed by atoms with Gasteiger partial charge in [0.25, 0.3) is 5.91 Å². The lowest BCUT2D eigenvalue weighted by Crippen LogP contribution is -2.45. The van der Waals surface area contributed by atoms with Crippen molar-refractivity contribution in [3.63, 3.8) is 0 Å². The first-order chi connectivity index (χ1) is 12.3. The lowest BCUT2D eigenvalue weighted by molar-refractivity contribution is 0.0236. The first kappa shape index (κ1) is 19.0. The van der Waals surface area contributed by atoms with E-state index in [2.05, 4.69) is 26.8 Å². The van der Waals surface area contributed by atoms with Crippen molar-refractivity contribution in [2.24, 2.45) is 0 Å². The Labute approximate surface area is 155 Å².